The molecule has 2 nitrogen and oxygen atoms in total. The van der Waals surface area contributed by atoms with E-state index in [-0.39, 0.29) is 11.9 Å². The van der Waals surface area contributed by atoms with Crippen molar-refractivity contribution in [3.8, 4) is 0 Å². The Balaban J connectivity index is 2.02. The summed E-state index contributed by atoms with van der Waals surface area (Å²) in [5, 5.41) is 3.24. The maximum atomic E-state index is 12.9. The number of carbonyl (C=O) groups is 1. The summed E-state index contributed by atoms with van der Waals surface area (Å²) in [7, 11) is 0. The molecule has 0 saturated heterocycles. The van der Waals surface area contributed by atoms with Crippen LogP contribution in [0.25, 0.3) is 0 Å². The lowest BCUT2D eigenvalue weighted by atomic mass is 9.93. The predicted molar refractivity (Wildman–Crippen MR) is 103 cm³/mol. The molecule has 0 bridgehead atoms. The number of carbonyl (C=O) groups excluding carboxylic acids is 1. The van der Waals surface area contributed by atoms with Crippen LogP contribution in [0.5, 0.6) is 0 Å². The molecule has 0 saturated carbocycles. The SMILES string of the molecule is Cc1ccc(C)c(C(NC(=O)c2ccccc2C)c2ccccc2)c1. The zero-order chi connectivity index (χ0) is 17.8. The van der Waals surface area contributed by atoms with Crippen molar-refractivity contribution >= 4 is 5.91 Å². The first kappa shape index (κ1) is 17.0. The fourth-order valence-electron chi connectivity index (χ4n) is 3.09. The van der Waals surface area contributed by atoms with Gasteiger partial charge >= 0.3 is 0 Å². The van der Waals surface area contributed by atoms with Crippen molar-refractivity contribution in [2.45, 2.75) is 26.8 Å². The van der Waals surface area contributed by atoms with Gasteiger partial charge in [-0.15, -0.1) is 0 Å². The molecule has 3 rings (SSSR count). The van der Waals surface area contributed by atoms with Crippen molar-refractivity contribution in [2.75, 3.05) is 0 Å². The second-order valence-corrected chi connectivity index (χ2v) is 6.49. The Morgan fingerprint density at radius 1 is 0.800 bits per heavy atom. The van der Waals surface area contributed by atoms with Crippen molar-refractivity contribution in [2.24, 2.45) is 0 Å². The minimum atomic E-state index is -0.173. The van der Waals surface area contributed by atoms with Crippen LogP contribution in [0.1, 0.15) is 44.2 Å². The molecule has 1 atom stereocenters. The predicted octanol–water partition coefficient (Wildman–Crippen LogP) is 5.13. The molecule has 1 unspecified atom stereocenters. The van der Waals surface area contributed by atoms with Crippen LogP contribution in [0.15, 0.2) is 72.8 Å². The fraction of sp³-hybridized carbons (Fsp3) is 0.174. The number of hydrogen-bond acceptors (Lipinski definition) is 1. The summed E-state index contributed by atoms with van der Waals surface area (Å²) >= 11 is 0. The van der Waals surface area contributed by atoms with Crippen LogP contribution < -0.4 is 5.32 Å². The number of benzene rings is 3. The minimum absolute atomic E-state index is 0.0483. The number of aryl methyl sites for hydroxylation is 3. The maximum absolute atomic E-state index is 12.9. The van der Waals surface area contributed by atoms with Crippen LogP contribution in [0.4, 0.5) is 0 Å². The van der Waals surface area contributed by atoms with E-state index < -0.39 is 0 Å². The van der Waals surface area contributed by atoms with Crippen molar-refractivity contribution < 1.29 is 4.79 Å². The van der Waals surface area contributed by atoms with Crippen LogP contribution in [0.3, 0.4) is 0 Å². The van der Waals surface area contributed by atoms with E-state index in [0.29, 0.717) is 5.56 Å². The van der Waals surface area contributed by atoms with E-state index in [1.54, 1.807) is 0 Å². The lowest BCUT2D eigenvalue weighted by Crippen LogP contribution is -2.30. The number of amides is 1. The monoisotopic (exact) mass is 329 g/mol. The summed E-state index contributed by atoms with van der Waals surface area (Å²) in [4.78, 5) is 12.9. The van der Waals surface area contributed by atoms with Gasteiger partial charge in [-0.25, -0.2) is 0 Å². The van der Waals surface area contributed by atoms with E-state index in [1.165, 1.54) is 11.1 Å². The van der Waals surface area contributed by atoms with Crippen molar-refractivity contribution in [1.29, 1.82) is 0 Å². The fourth-order valence-corrected chi connectivity index (χ4v) is 3.09. The summed E-state index contributed by atoms with van der Waals surface area (Å²) in [5.41, 5.74) is 6.27. The standard InChI is InChI=1S/C23H23NO/c1-16-13-14-18(3)21(15-16)22(19-10-5-4-6-11-19)24-23(25)20-12-8-7-9-17(20)2/h4-15,22H,1-3H3,(H,24,25). The smallest absolute Gasteiger partial charge is 0.252 e. The van der Waals surface area contributed by atoms with Crippen molar-refractivity contribution in [1.82, 2.24) is 5.32 Å². The normalized spacial score (nSPS) is 11.8. The molecule has 0 aliphatic carbocycles. The molecule has 0 spiro atoms. The van der Waals surface area contributed by atoms with Crippen LogP contribution >= 0.6 is 0 Å². The molecule has 0 aromatic heterocycles. The molecule has 0 fully saturated rings. The van der Waals surface area contributed by atoms with Gasteiger partial charge in [0.15, 0.2) is 0 Å². The molecular formula is C23H23NO. The van der Waals surface area contributed by atoms with E-state index in [2.05, 4.69) is 49.5 Å². The molecule has 1 N–H and O–H groups in total. The lowest BCUT2D eigenvalue weighted by molar-refractivity contribution is 0.0942. The van der Waals surface area contributed by atoms with Crippen LogP contribution in [-0.4, -0.2) is 5.91 Å². The van der Waals surface area contributed by atoms with Gasteiger partial charge in [0.25, 0.3) is 5.91 Å². The summed E-state index contributed by atoms with van der Waals surface area (Å²) in [6, 6.07) is 24.0. The highest BCUT2D eigenvalue weighted by Crippen LogP contribution is 2.26. The van der Waals surface area contributed by atoms with E-state index in [9.17, 15) is 4.79 Å². The molecule has 1 amide bonds. The number of hydrogen-bond donors (Lipinski definition) is 1. The molecule has 2 heteroatoms. The first-order chi connectivity index (χ1) is 12.1. The number of rotatable bonds is 4. The Bertz CT molecular complexity index is 884. The molecule has 3 aromatic rings. The van der Waals surface area contributed by atoms with Crippen LogP contribution in [-0.2, 0) is 0 Å². The van der Waals surface area contributed by atoms with Crippen molar-refractivity contribution in [3.63, 3.8) is 0 Å². The summed E-state index contributed by atoms with van der Waals surface area (Å²) < 4.78 is 0. The van der Waals surface area contributed by atoms with Gasteiger partial charge in [0.1, 0.15) is 0 Å². The molecule has 0 aliphatic rings. The Labute approximate surface area is 149 Å². The summed E-state index contributed by atoms with van der Waals surface area (Å²) in [6.07, 6.45) is 0. The van der Waals surface area contributed by atoms with Gasteiger partial charge in [0, 0.05) is 5.56 Å². The topological polar surface area (TPSA) is 29.1 Å². The highest BCUT2D eigenvalue weighted by molar-refractivity contribution is 5.96. The first-order valence-electron chi connectivity index (χ1n) is 8.55. The quantitative estimate of drug-likeness (QED) is 0.706. The molecule has 126 valence electrons. The highest BCUT2D eigenvalue weighted by atomic mass is 16.1. The molecule has 25 heavy (non-hydrogen) atoms. The van der Waals surface area contributed by atoms with Crippen molar-refractivity contribution in [3.05, 3.63) is 106 Å². The second-order valence-electron chi connectivity index (χ2n) is 6.49. The molecule has 0 aliphatic heterocycles. The third kappa shape index (κ3) is 3.80. The van der Waals surface area contributed by atoms with Gasteiger partial charge in [-0.1, -0.05) is 72.3 Å². The summed E-state index contributed by atoms with van der Waals surface area (Å²) in [6.45, 7) is 6.13. The lowest BCUT2D eigenvalue weighted by Gasteiger charge is -2.22. The van der Waals surface area contributed by atoms with Gasteiger partial charge in [-0.2, -0.15) is 0 Å². The molecular weight excluding hydrogens is 306 g/mol. The minimum Gasteiger partial charge on any atom is -0.341 e. The number of nitrogens with one attached hydrogen (secondary N) is 1. The third-order valence-electron chi connectivity index (χ3n) is 4.54. The van der Waals surface area contributed by atoms with Crippen LogP contribution in [0.2, 0.25) is 0 Å². The average molecular weight is 329 g/mol. The van der Waals surface area contributed by atoms with Gasteiger partial charge in [-0.05, 0) is 49.1 Å². The van der Waals surface area contributed by atoms with Gasteiger partial charge in [0.2, 0.25) is 0 Å². The van der Waals surface area contributed by atoms with Crippen LogP contribution in [0, 0.1) is 20.8 Å². The van der Waals surface area contributed by atoms with Gasteiger partial charge < -0.3 is 5.32 Å². The Kier molecular flexibility index (Phi) is 4.99. The van der Waals surface area contributed by atoms with E-state index >= 15 is 0 Å². The third-order valence-corrected chi connectivity index (χ3v) is 4.54. The average Bonchev–Trinajstić information content (AvgIpc) is 2.63. The zero-order valence-corrected chi connectivity index (χ0v) is 14.9. The largest absolute Gasteiger partial charge is 0.341 e. The van der Waals surface area contributed by atoms with E-state index in [1.807, 2.05) is 49.4 Å². The maximum Gasteiger partial charge on any atom is 0.252 e. The Hall–Kier alpha value is -2.87. The van der Waals surface area contributed by atoms with E-state index in [0.717, 1.165) is 16.7 Å². The Morgan fingerprint density at radius 2 is 1.48 bits per heavy atom. The molecule has 0 radical (unpaired) electrons. The van der Waals surface area contributed by atoms with E-state index in [4.69, 9.17) is 0 Å². The Morgan fingerprint density at radius 3 is 2.20 bits per heavy atom. The molecule has 3 aromatic carbocycles. The second kappa shape index (κ2) is 7.35. The first-order valence-corrected chi connectivity index (χ1v) is 8.55. The molecule has 0 heterocycles. The van der Waals surface area contributed by atoms with Gasteiger partial charge in [0.05, 0.1) is 6.04 Å². The highest BCUT2D eigenvalue weighted by Gasteiger charge is 2.20. The van der Waals surface area contributed by atoms with Gasteiger partial charge in [-0.3, -0.25) is 4.79 Å². The zero-order valence-electron chi connectivity index (χ0n) is 14.9. The summed E-state index contributed by atoms with van der Waals surface area (Å²) in [5.74, 6) is -0.0483.